The van der Waals surface area contributed by atoms with Gasteiger partial charge in [0.1, 0.15) is 12.7 Å². The summed E-state index contributed by atoms with van der Waals surface area (Å²) in [7, 11) is 0. The van der Waals surface area contributed by atoms with Gasteiger partial charge in [0.2, 0.25) is 5.91 Å². The number of aromatic nitrogens is 3. The molecule has 1 amide bonds. The van der Waals surface area contributed by atoms with Gasteiger partial charge in [-0.2, -0.15) is 5.10 Å². The molecule has 1 heterocycles. The van der Waals surface area contributed by atoms with E-state index in [9.17, 15) is 4.79 Å². The summed E-state index contributed by atoms with van der Waals surface area (Å²) in [6, 6.07) is 0.00956. The van der Waals surface area contributed by atoms with Crippen molar-refractivity contribution >= 4 is 5.91 Å². The maximum atomic E-state index is 11.4. The van der Waals surface area contributed by atoms with Crippen molar-refractivity contribution < 1.29 is 4.79 Å². The first-order valence-corrected chi connectivity index (χ1v) is 5.44. The Bertz CT molecular complexity index is 309. The second kappa shape index (κ2) is 6.22. The van der Waals surface area contributed by atoms with Gasteiger partial charge in [-0.15, -0.1) is 0 Å². The number of carbonyl (C=O) groups excluding carboxylic acids is 1. The Labute approximate surface area is 95.2 Å². The Kier molecular flexibility index (Phi) is 4.91. The molecule has 90 valence electrons. The van der Waals surface area contributed by atoms with Gasteiger partial charge in [0.15, 0.2) is 0 Å². The summed E-state index contributed by atoms with van der Waals surface area (Å²) in [4.78, 5) is 15.2. The van der Waals surface area contributed by atoms with Crippen molar-refractivity contribution in [2.24, 2.45) is 11.7 Å². The predicted octanol–water partition coefficient (Wildman–Crippen LogP) is -0.232. The van der Waals surface area contributed by atoms with Crippen molar-refractivity contribution in [2.75, 3.05) is 6.54 Å². The number of rotatable bonds is 6. The number of nitrogens with zero attached hydrogens (tertiary/aromatic N) is 3. The molecule has 3 N–H and O–H groups in total. The van der Waals surface area contributed by atoms with Crippen LogP contribution in [0.25, 0.3) is 0 Å². The van der Waals surface area contributed by atoms with Crippen LogP contribution in [0, 0.1) is 5.92 Å². The zero-order valence-corrected chi connectivity index (χ0v) is 9.76. The van der Waals surface area contributed by atoms with Gasteiger partial charge in [-0.3, -0.25) is 9.48 Å². The van der Waals surface area contributed by atoms with Gasteiger partial charge in [-0.1, -0.05) is 13.8 Å². The van der Waals surface area contributed by atoms with Crippen LogP contribution in [0.3, 0.4) is 0 Å². The Morgan fingerprint density at radius 1 is 1.56 bits per heavy atom. The van der Waals surface area contributed by atoms with Crippen molar-refractivity contribution in [3.05, 3.63) is 12.7 Å². The second-order valence-corrected chi connectivity index (χ2v) is 4.12. The number of nitrogens with one attached hydrogen (secondary N) is 1. The van der Waals surface area contributed by atoms with E-state index in [0.29, 0.717) is 25.4 Å². The van der Waals surface area contributed by atoms with Crippen LogP contribution >= 0.6 is 0 Å². The van der Waals surface area contributed by atoms with Crippen molar-refractivity contribution in [1.29, 1.82) is 0 Å². The minimum atomic E-state index is -0.00778. The largest absolute Gasteiger partial charge is 0.354 e. The summed E-state index contributed by atoms with van der Waals surface area (Å²) in [6.07, 6.45) is 3.44. The number of aryl methyl sites for hydroxylation is 1. The molecule has 0 radical (unpaired) electrons. The van der Waals surface area contributed by atoms with E-state index in [2.05, 4.69) is 15.4 Å². The monoisotopic (exact) mass is 225 g/mol. The fraction of sp³-hybridized carbons (Fsp3) is 0.700. The van der Waals surface area contributed by atoms with E-state index in [4.69, 9.17) is 5.73 Å². The summed E-state index contributed by atoms with van der Waals surface area (Å²) in [6.45, 7) is 5.13. The maximum absolute atomic E-state index is 11.4. The van der Waals surface area contributed by atoms with Gasteiger partial charge in [0.05, 0.1) is 6.54 Å². The zero-order chi connectivity index (χ0) is 12.0. The minimum Gasteiger partial charge on any atom is -0.354 e. The molecule has 1 aromatic rings. The third-order valence-electron chi connectivity index (χ3n) is 2.43. The second-order valence-electron chi connectivity index (χ2n) is 4.12. The number of carbonyl (C=O) groups is 1. The van der Waals surface area contributed by atoms with Crippen LogP contribution in [-0.2, 0) is 11.3 Å². The highest BCUT2D eigenvalue weighted by Gasteiger charge is 2.09. The zero-order valence-electron chi connectivity index (χ0n) is 9.76. The third-order valence-corrected chi connectivity index (χ3v) is 2.43. The van der Waals surface area contributed by atoms with E-state index < -0.39 is 0 Å². The fourth-order valence-electron chi connectivity index (χ4n) is 1.12. The lowest BCUT2D eigenvalue weighted by molar-refractivity contribution is -0.121. The van der Waals surface area contributed by atoms with Gasteiger partial charge in [0, 0.05) is 19.0 Å². The highest BCUT2D eigenvalue weighted by molar-refractivity contribution is 5.75. The molecule has 1 atom stereocenters. The molecular weight excluding hydrogens is 206 g/mol. The molecule has 1 rings (SSSR count). The van der Waals surface area contributed by atoms with Crippen LogP contribution in [-0.4, -0.2) is 33.3 Å². The fourth-order valence-corrected chi connectivity index (χ4v) is 1.12. The molecule has 0 aromatic carbocycles. The molecule has 1 aromatic heterocycles. The molecule has 16 heavy (non-hydrogen) atoms. The first-order valence-electron chi connectivity index (χ1n) is 5.44. The van der Waals surface area contributed by atoms with E-state index in [1.807, 2.05) is 13.8 Å². The molecule has 0 aliphatic carbocycles. The number of amides is 1. The van der Waals surface area contributed by atoms with Gasteiger partial charge in [-0.05, 0) is 5.92 Å². The highest BCUT2D eigenvalue weighted by Crippen LogP contribution is 1.96. The molecule has 0 saturated heterocycles. The SMILES string of the molecule is CC(C)C(N)CNC(=O)CCn1cncn1. The number of hydrogen-bond acceptors (Lipinski definition) is 4. The number of hydrogen-bond donors (Lipinski definition) is 2. The summed E-state index contributed by atoms with van der Waals surface area (Å²) >= 11 is 0. The van der Waals surface area contributed by atoms with E-state index in [-0.39, 0.29) is 11.9 Å². The lowest BCUT2D eigenvalue weighted by atomic mass is 10.1. The molecule has 0 spiro atoms. The van der Waals surface area contributed by atoms with Gasteiger partial charge in [0.25, 0.3) is 0 Å². The highest BCUT2D eigenvalue weighted by atomic mass is 16.1. The lowest BCUT2D eigenvalue weighted by Crippen LogP contribution is -2.40. The molecule has 1 unspecified atom stereocenters. The first-order chi connectivity index (χ1) is 7.59. The normalized spacial score (nSPS) is 12.8. The Morgan fingerprint density at radius 3 is 2.88 bits per heavy atom. The van der Waals surface area contributed by atoms with E-state index in [1.54, 1.807) is 11.0 Å². The van der Waals surface area contributed by atoms with Crippen LogP contribution in [0.1, 0.15) is 20.3 Å². The summed E-state index contributed by atoms with van der Waals surface area (Å²) in [5, 5.41) is 6.71. The molecular formula is C10H19N5O. The van der Waals surface area contributed by atoms with Crippen LogP contribution in [0.4, 0.5) is 0 Å². The van der Waals surface area contributed by atoms with Crippen LogP contribution < -0.4 is 11.1 Å². The Balaban J connectivity index is 2.16. The van der Waals surface area contributed by atoms with Crippen LogP contribution in [0.2, 0.25) is 0 Å². The Morgan fingerprint density at radius 2 is 2.31 bits per heavy atom. The van der Waals surface area contributed by atoms with Crippen LogP contribution in [0.5, 0.6) is 0 Å². The molecule has 0 fully saturated rings. The van der Waals surface area contributed by atoms with Crippen molar-refractivity contribution in [1.82, 2.24) is 20.1 Å². The standard InChI is InChI=1S/C10H19N5O/c1-8(2)9(11)5-13-10(16)3-4-15-7-12-6-14-15/h6-9H,3-5,11H2,1-2H3,(H,13,16). The molecule has 0 saturated carbocycles. The lowest BCUT2D eigenvalue weighted by Gasteiger charge is -2.15. The van der Waals surface area contributed by atoms with Crippen molar-refractivity contribution in [3.8, 4) is 0 Å². The van der Waals surface area contributed by atoms with E-state index >= 15 is 0 Å². The maximum Gasteiger partial charge on any atom is 0.221 e. The molecule has 0 aliphatic rings. The molecule has 0 bridgehead atoms. The smallest absolute Gasteiger partial charge is 0.221 e. The van der Waals surface area contributed by atoms with Gasteiger partial charge in [-0.25, -0.2) is 4.98 Å². The van der Waals surface area contributed by atoms with E-state index in [0.717, 1.165) is 0 Å². The summed E-state index contributed by atoms with van der Waals surface area (Å²) in [5.41, 5.74) is 5.81. The predicted molar refractivity (Wildman–Crippen MR) is 60.5 cm³/mol. The quantitative estimate of drug-likeness (QED) is 0.700. The van der Waals surface area contributed by atoms with Gasteiger partial charge < -0.3 is 11.1 Å². The Hall–Kier alpha value is -1.43. The van der Waals surface area contributed by atoms with E-state index in [1.165, 1.54) is 6.33 Å². The van der Waals surface area contributed by atoms with Crippen molar-refractivity contribution in [2.45, 2.75) is 32.9 Å². The molecule has 6 nitrogen and oxygen atoms in total. The van der Waals surface area contributed by atoms with Crippen molar-refractivity contribution in [3.63, 3.8) is 0 Å². The van der Waals surface area contributed by atoms with Crippen LogP contribution in [0.15, 0.2) is 12.7 Å². The van der Waals surface area contributed by atoms with Gasteiger partial charge >= 0.3 is 0 Å². The minimum absolute atomic E-state index is 0.00778. The molecule has 0 aliphatic heterocycles. The summed E-state index contributed by atoms with van der Waals surface area (Å²) in [5.74, 6) is 0.363. The average molecular weight is 225 g/mol. The summed E-state index contributed by atoms with van der Waals surface area (Å²) < 4.78 is 1.63. The number of nitrogens with two attached hydrogens (primary N) is 1. The topological polar surface area (TPSA) is 85.8 Å². The average Bonchev–Trinajstić information content (AvgIpc) is 2.75. The third kappa shape index (κ3) is 4.39. The first kappa shape index (κ1) is 12.6. The molecule has 6 heteroatoms.